The summed E-state index contributed by atoms with van der Waals surface area (Å²) in [4.78, 5) is 7.07. The molecule has 2 aromatic carbocycles. The van der Waals surface area contributed by atoms with E-state index in [-0.39, 0.29) is 0 Å². The molecule has 5 nitrogen and oxygen atoms in total. The summed E-state index contributed by atoms with van der Waals surface area (Å²) >= 11 is 6.27. The van der Waals surface area contributed by atoms with Gasteiger partial charge in [-0.05, 0) is 49.1 Å². The summed E-state index contributed by atoms with van der Waals surface area (Å²) < 4.78 is 41.3. The van der Waals surface area contributed by atoms with E-state index in [1.165, 1.54) is 6.07 Å². The molecule has 0 radical (unpaired) electrons. The van der Waals surface area contributed by atoms with Gasteiger partial charge in [-0.25, -0.2) is 4.98 Å². The van der Waals surface area contributed by atoms with Gasteiger partial charge in [0.25, 0.3) is 0 Å². The fourth-order valence-electron chi connectivity index (χ4n) is 4.22. The lowest BCUT2D eigenvalue weighted by Gasteiger charge is -2.32. The third-order valence-electron chi connectivity index (χ3n) is 5.71. The fourth-order valence-corrected chi connectivity index (χ4v) is 4.40. The molecule has 31 heavy (non-hydrogen) atoms. The summed E-state index contributed by atoms with van der Waals surface area (Å²) in [5, 5.41) is 9.83. The molecule has 160 valence electrons. The van der Waals surface area contributed by atoms with Crippen LogP contribution in [-0.2, 0) is 6.18 Å². The Bertz CT molecular complexity index is 1280. The van der Waals surface area contributed by atoms with Gasteiger partial charge in [0.1, 0.15) is 11.5 Å². The van der Waals surface area contributed by atoms with E-state index < -0.39 is 11.7 Å². The molecule has 3 heterocycles. The molecule has 5 rings (SSSR count). The molecule has 4 aromatic rings. The summed E-state index contributed by atoms with van der Waals surface area (Å²) in [6.07, 6.45) is -2.24. The average molecular weight is 446 g/mol. The van der Waals surface area contributed by atoms with Gasteiger partial charge in [0, 0.05) is 29.1 Å². The summed E-state index contributed by atoms with van der Waals surface area (Å²) in [6, 6.07) is 10.5. The number of alkyl halides is 3. The van der Waals surface area contributed by atoms with Gasteiger partial charge >= 0.3 is 6.18 Å². The zero-order valence-electron chi connectivity index (χ0n) is 16.7. The Morgan fingerprint density at radius 3 is 2.74 bits per heavy atom. The van der Waals surface area contributed by atoms with Crippen LogP contribution in [0.2, 0.25) is 5.02 Å². The molecule has 9 heteroatoms. The first-order valence-corrected chi connectivity index (χ1v) is 10.5. The second-order valence-corrected chi connectivity index (χ2v) is 8.48. The number of fused-ring (bicyclic) bond motifs is 3. The Hall–Kier alpha value is -2.87. The Kier molecular flexibility index (Phi) is 4.77. The van der Waals surface area contributed by atoms with Gasteiger partial charge in [0.2, 0.25) is 0 Å². The molecule has 1 fully saturated rings. The molecule has 1 saturated heterocycles. The second-order valence-electron chi connectivity index (χ2n) is 8.04. The molecule has 0 bridgehead atoms. The monoisotopic (exact) mass is 445 g/mol. The first-order chi connectivity index (χ1) is 14.8. The summed E-state index contributed by atoms with van der Waals surface area (Å²) in [5.74, 6) is 1.28. The average Bonchev–Trinajstić information content (AvgIpc) is 3.16. The summed E-state index contributed by atoms with van der Waals surface area (Å²) in [7, 11) is 0. The van der Waals surface area contributed by atoms with Crippen LogP contribution in [0.3, 0.4) is 0 Å². The molecular weight excluding hydrogens is 427 g/mol. The number of hydrogen-bond acceptors (Lipinski definition) is 4. The zero-order chi connectivity index (χ0) is 21.8. The predicted molar refractivity (Wildman–Crippen MR) is 114 cm³/mol. The van der Waals surface area contributed by atoms with E-state index in [1.54, 1.807) is 16.6 Å². The van der Waals surface area contributed by atoms with E-state index in [2.05, 4.69) is 22.1 Å². The smallest absolute Gasteiger partial charge is 0.356 e. The van der Waals surface area contributed by atoms with Crippen molar-refractivity contribution < 1.29 is 13.2 Å². The van der Waals surface area contributed by atoms with Crippen LogP contribution in [0.25, 0.3) is 27.8 Å². The maximum absolute atomic E-state index is 13.2. The van der Waals surface area contributed by atoms with Crippen LogP contribution in [0.15, 0.2) is 42.5 Å². The van der Waals surface area contributed by atoms with E-state index >= 15 is 0 Å². The van der Waals surface area contributed by atoms with E-state index in [4.69, 9.17) is 16.6 Å². The van der Waals surface area contributed by atoms with Crippen molar-refractivity contribution in [3.05, 3.63) is 53.1 Å². The SMILES string of the molecule is C[C@H]1CCCN(c2nc3c(-c4cccc(C(F)(F)F)c4)nnn3c3ccc(Cl)cc23)C1. The number of nitrogens with zero attached hydrogens (tertiary/aromatic N) is 5. The van der Waals surface area contributed by atoms with Crippen molar-refractivity contribution in [1.29, 1.82) is 0 Å². The number of aromatic nitrogens is 4. The van der Waals surface area contributed by atoms with E-state index in [0.717, 1.165) is 54.8 Å². The molecular formula is C22H19ClF3N5. The molecule has 2 aromatic heterocycles. The predicted octanol–water partition coefficient (Wildman–Crippen LogP) is 5.85. The fraction of sp³-hybridized carbons (Fsp3) is 0.318. The minimum absolute atomic E-state index is 0.314. The Morgan fingerprint density at radius 2 is 1.97 bits per heavy atom. The van der Waals surface area contributed by atoms with Crippen LogP contribution in [-0.4, -0.2) is 32.9 Å². The number of piperidine rings is 1. The van der Waals surface area contributed by atoms with Crippen LogP contribution in [0.5, 0.6) is 0 Å². The number of halogens is 4. The number of benzene rings is 2. The molecule has 0 saturated carbocycles. The Morgan fingerprint density at radius 1 is 1.13 bits per heavy atom. The molecule has 1 aliphatic rings. The molecule has 0 N–H and O–H groups in total. The highest BCUT2D eigenvalue weighted by atomic mass is 35.5. The van der Waals surface area contributed by atoms with Crippen molar-refractivity contribution in [3.63, 3.8) is 0 Å². The van der Waals surface area contributed by atoms with Gasteiger partial charge in [-0.2, -0.15) is 17.7 Å². The van der Waals surface area contributed by atoms with Crippen LogP contribution in [0, 0.1) is 5.92 Å². The Labute approximate surface area is 181 Å². The highest BCUT2D eigenvalue weighted by molar-refractivity contribution is 6.31. The van der Waals surface area contributed by atoms with Gasteiger partial charge < -0.3 is 4.90 Å². The normalized spacial score (nSPS) is 17.6. The van der Waals surface area contributed by atoms with Crippen molar-refractivity contribution in [1.82, 2.24) is 19.8 Å². The number of hydrogen-bond donors (Lipinski definition) is 0. The lowest BCUT2D eigenvalue weighted by Crippen LogP contribution is -2.35. The first-order valence-electron chi connectivity index (χ1n) is 10.1. The van der Waals surface area contributed by atoms with E-state index in [1.807, 2.05) is 12.1 Å². The summed E-state index contributed by atoms with van der Waals surface area (Å²) in [5.41, 5.74) is 1.08. The van der Waals surface area contributed by atoms with Gasteiger partial charge in [-0.15, -0.1) is 5.10 Å². The highest BCUT2D eigenvalue weighted by Gasteiger charge is 2.31. The van der Waals surface area contributed by atoms with Crippen molar-refractivity contribution in [2.75, 3.05) is 18.0 Å². The van der Waals surface area contributed by atoms with Gasteiger partial charge in [0.05, 0.1) is 11.1 Å². The second kappa shape index (κ2) is 7.37. The maximum atomic E-state index is 13.2. The molecule has 1 aliphatic heterocycles. The lowest BCUT2D eigenvalue weighted by molar-refractivity contribution is -0.137. The third-order valence-corrected chi connectivity index (χ3v) is 5.94. The van der Waals surface area contributed by atoms with Crippen molar-refractivity contribution in [2.24, 2.45) is 5.92 Å². The maximum Gasteiger partial charge on any atom is 0.416 e. The van der Waals surface area contributed by atoms with Gasteiger partial charge in [-0.1, -0.05) is 35.9 Å². The molecule has 0 spiro atoms. The molecule has 0 unspecified atom stereocenters. The van der Waals surface area contributed by atoms with Crippen molar-refractivity contribution >= 4 is 34.0 Å². The first kappa shape index (κ1) is 20.1. The molecule has 1 atom stereocenters. The van der Waals surface area contributed by atoms with Gasteiger partial charge in [-0.3, -0.25) is 0 Å². The largest absolute Gasteiger partial charge is 0.416 e. The van der Waals surface area contributed by atoms with Crippen molar-refractivity contribution in [2.45, 2.75) is 25.9 Å². The third kappa shape index (κ3) is 3.59. The van der Waals surface area contributed by atoms with E-state index in [0.29, 0.717) is 27.8 Å². The Balaban J connectivity index is 1.75. The van der Waals surface area contributed by atoms with Crippen LogP contribution in [0.4, 0.5) is 19.0 Å². The standard InChI is InChI=1S/C22H19ClF3N5/c1-13-4-3-9-30(12-13)20-17-11-16(23)7-8-18(17)31-21(27-20)19(28-29-31)14-5-2-6-15(10-14)22(24,25)26/h2,5-8,10-11,13H,3-4,9,12H2,1H3/t13-/m0/s1. The number of anilines is 1. The molecule has 0 aliphatic carbocycles. The van der Waals surface area contributed by atoms with Crippen LogP contribution in [0.1, 0.15) is 25.3 Å². The minimum Gasteiger partial charge on any atom is -0.356 e. The number of rotatable bonds is 2. The van der Waals surface area contributed by atoms with Crippen LogP contribution < -0.4 is 4.90 Å². The van der Waals surface area contributed by atoms with Gasteiger partial charge in [0.15, 0.2) is 5.65 Å². The van der Waals surface area contributed by atoms with Crippen molar-refractivity contribution in [3.8, 4) is 11.3 Å². The minimum atomic E-state index is -4.44. The quantitative estimate of drug-likeness (QED) is 0.388. The summed E-state index contributed by atoms with van der Waals surface area (Å²) in [6.45, 7) is 3.91. The van der Waals surface area contributed by atoms with Crippen LogP contribution >= 0.6 is 11.6 Å². The van der Waals surface area contributed by atoms with E-state index in [9.17, 15) is 13.2 Å². The lowest BCUT2D eigenvalue weighted by atomic mass is 10.00. The topological polar surface area (TPSA) is 46.3 Å². The highest BCUT2D eigenvalue weighted by Crippen LogP contribution is 2.35. The molecule has 0 amide bonds. The zero-order valence-corrected chi connectivity index (χ0v) is 17.5.